The van der Waals surface area contributed by atoms with Crippen molar-refractivity contribution in [2.24, 2.45) is 0 Å². The van der Waals surface area contributed by atoms with Crippen molar-refractivity contribution >= 4 is 11.7 Å². The molecule has 1 amide bonds. The molecule has 0 fully saturated rings. The molecule has 2 aromatic heterocycles. The Morgan fingerprint density at radius 3 is 2.48 bits per heavy atom. The minimum Gasteiger partial charge on any atom is -0.503 e. The highest BCUT2D eigenvalue weighted by Crippen LogP contribution is 2.41. The maximum atomic E-state index is 13.0. The summed E-state index contributed by atoms with van der Waals surface area (Å²) in [7, 11) is 0. The molecule has 1 aromatic carbocycles. The second-order valence-corrected chi connectivity index (χ2v) is 6.34. The molecule has 3 aromatic rings. The highest BCUT2D eigenvalue weighted by Gasteiger charge is 2.45. The number of aliphatic hydroxyl groups is 1. The summed E-state index contributed by atoms with van der Waals surface area (Å²) in [4.78, 5) is 27.2. The van der Waals surface area contributed by atoms with E-state index in [1.807, 2.05) is 31.2 Å². The smallest absolute Gasteiger partial charge is 0.290 e. The van der Waals surface area contributed by atoms with Crippen LogP contribution in [-0.2, 0) is 11.3 Å². The molecular weight excluding hydrogens is 346 g/mol. The van der Waals surface area contributed by atoms with Crippen LogP contribution in [0.4, 0.5) is 0 Å². The molecule has 4 rings (SSSR count). The van der Waals surface area contributed by atoms with Gasteiger partial charge < -0.3 is 18.8 Å². The van der Waals surface area contributed by atoms with E-state index in [9.17, 15) is 14.7 Å². The molecule has 0 saturated heterocycles. The number of carbonyl (C=O) groups excluding carboxylic acids is 2. The lowest BCUT2D eigenvalue weighted by Gasteiger charge is -2.27. The molecule has 0 radical (unpaired) electrons. The fourth-order valence-corrected chi connectivity index (χ4v) is 3.38. The molecule has 1 aliphatic rings. The fraction of sp³-hybridized carbons (Fsp3) is 0.143. The molecule has 1 aliphatic heterocycles. The topological polar surface area (TPSA) is 83.9 Å². The van der Waals surface area contributed by atoms with Crippen LogP contribution in [0.1, 0.15) is 33.5 Å². The number of aliphatic hydroxyl groups excluding tert-OH is 1. The van der Waals surface area contributed by atoms with Crippen LogP contribution in [0.3, 0.4) is 0 Å². The lowest BCUT2D eigenvalue weighted by Crippen LogP contribution is -2.31. The molecule has 0 aliphatic carbocycles. The first kappa shape index (κ1) is 16.9. The first-order valence-electron chi connectivity index (χ1n) is 8.48. The molecule has 27 heavy (non-hydrogen) atoms. The summed E-state index contributed by atoms with van der Waals surface area (Å²) in [6.07, 6.45) is 2.89. The summed E-state index contributed by atoms with van der Waals surface area (Å²) in [5, 5.41) is 10.5. The molecule has 0 bridgehead atoms. The van der Waals surface area contributed by atoms with Crippen molar-refractivity contribution in [1.82, 2.24) is 4.90 Å². The normalized spacial score (nSPS) is 17.0. The summed E-state index contributed by atoms with van der Waals surface area (Å²) in [5.74, 6) is -1.06. The summed E-state index contributed by atoms with van der Waals surface area (Å²) in [5.41, 5.74) is 1.67. The number of aryl methyl sites for hydroxylation is 1. The van der Waals surface area contributed by atoms with Crippen molar-refractivity contribution in [1.29, 1.82) is 0 Å². The second-order valence-electron chi connectivity index (χ2n) is 6.34. The minimum atomic E-state index is -0.735. The monoisotopic (exact) mass is 363 g/mol. The molecule has 1 unspecified atom stereocenters. The van der Waals surface area contributed by atoms with Gasteiger partial charge in [-0.2, -0.15) is 0 Å². The predicted molar refractivity (Wildman–Crippen MR) is 95.9 cm³/mol. The molecule has 0 spiro atoms. The van der Waals surface area contributed by atoms with Crippen LogP contribution in [0.15, 0.2) is 81.2 Å². The number of hydrogen-bond acceptors (Lipinski definition) is 5. The van der Waals surface area contributed by atoms with E-state index in [0.29, 0.717) is 5.76 Å². The number of ketones is 1. The van der Waals surface area contributed by atoms with Crippen molar-refractivity contribution in [3.05, 3.63) is 95.0 Å². The van der Waals surface area contributed by atoms with Gasteiger partial charge in [0.05, 0.1) is 30.7 Å². The van der Waals surface area contributed by atoms with E-state index in [2.05, 4.69) is 0 Å². The van der Waals surface area contributed by atoms with Crippen LogP contribution in [0, 0.1) is 6.92 Å². The van der Waals surface area contributed by atoms with Crippen molar-refractivity contribution in [3.8, 4) is 0 Å². The Morgan fingerprint density at radius 2 is 1.81 bits per heavy atom. The zero-order valence-corrected chi connectivity index (χ0v) is 14.6. The third-order valence-corrected chi connectivity index (χ3v) is 4.68. The molecule has 6 nitrogen and oxygen atoms in total. The molecule has 3 heterocycles. The number of amides is 1. The minimum absolute atomic E-state index is 0.0100. The number of carbonyl (C=O) groups is 2. The summed E-state index contributed by atoms with van der Waals surface area (Å²) >= 11 is 0. The van der Waals surface area contributed by atoms with Crippen molar-refractivity contribution in [3.63, 3.8) is 0 Å². The van der Waals surface area contributed by atoms with Crippen LogP contribution in [-0.4, -0.2) is 21.7 Å². The van der Waals surface area contributed by atoms with Gasteiger partial charge in [-0.05, 0) is 42.3 Å². The van der Waals surface area contributed by atoms with Gasteiger partial charge in [0.15, 0.2) is 11.5 Å². The van der Waals surface area contributed by atoms with Gasteiger partial charge in [-0.3, -0.25) is 9.59 Å². The van der Waals surface area contributed by atoms with Crippen LogP contribution in [0.5, 0.6) is 0 Å². The lowest BCUT2D eigenvalue weighted by molar-refractivity contribution is -0.130. The molecule has 136 valence electrons. The Hall–Kier alpha value is -3.54. The average molecular weight is 363 g/mol. The zero-order valence-electron chi connectivity index (χ0n) is 14.6. The van der Waals surface area contributed by atoms with Gasteiger partial charge in [0.25, 0.3) is 5.91 Å². The predicted octanol–water partition coefficient (Wildman–Crippen LogP) is 3.96. The van der Waals surface area contributed by atoms with Gasteiger partial charge in [-0.15, -0.1) is 0 Å². The number of nitrogens with zero attached hydrogens (tertiary/aromatic N) is 1. The van der Waals surface area contributed by atoms with Gasteiger partial charge >= 0.3 is 0 Å². The molecular formula is C21H17NO5. The highest BCUT2D eigenvalue weighted by atomic mass is 16.3. The third-order valence-electron chi connectivity index (χ3n) is 4.68. The van der Waals surface area contributed by atoms with E-state index in [1.54, 1.807) is 18.2 Å². The number of rotatable bonds is 5. The summed E-state index contributed by atoms with van der Waals surface area (Å²) < 4.78 is 10.6. The van der Waals surface area contributed by atoms with Gasteiger partial charge in [0, 0.05) is 0 Å². The van der Waals surface area contributed by atoms with Gasteiger partial charge in [0.1, 0.15) is 5.76 Å². The van der Waals surface area contributed by atoms with E-state index in [1.165, 1.54) is 23.5 Å². The Morgan fingerprint density at radius 1 is 1.07 bits per heavy atom. The second kappa shape index (κ2) is 6.64. The lowest BCUT2D eigenvalue weighted by atomic mass is 9.92. The quantitative estimate of drug-likeness (QED) is 0.694. The first-order valence-corrected chi connectivity index (χ1v) is 8.48. The van der Waals surface area contributed by atoms with Crippen LogP contribution >= 0.6 is 0 Å². The third kappa shape index (κ3) is 2.85. The molecule has 1 atom stereocenters. The SMILES string of the molecule is Cc1ccccc1C1C(C(=O)c2ccco2)=C(O)C(=O)N1Cc1ccco1. The molecule has 6 heteroatoms. The van der Waals surface area contributed by atoms with E-state index >= 15 is 0 Å². The Bertz CT molecular complexity index is 1010. The zero-order chi connectivity index (χ0) is 19.0. The van der Waals surface area contributed by atoms with E-state index in [-0.39, 0.29) is 17.9 Å². The number of Topliss-reactive ketones (excluding diaryl/α,β-unsaturated/α-hetero) is 1. The van der Waals surface area contributed by atoms with Crippen LogP contribution < -0.4 is 0 Å². The van der Waals surface area contributed by atoms with Gasteiger partial charge in [-0.1, -0.05) is 24.3 Å². The summed E-state index contributed by atoms with van der Waals surface area (Å²) in [6, 6.07) is 13.3. The van der Waals surface area contributed by atoms with Gasteiger partial charge in [0.2, 0.25) is 5.78 Å². The van der Waals surface area contributed by atoms with Crippen LogP contribution in [0.25, 0.3) is 0 Å². The number of benzene rings is 1. The Balaban J connectivity index is 1.83. The standard InChI is InChI=1S/C21H17NO5/c1-13-6-2-3-8-15(13)18-17(19(23)16-9-5-11-27-16)20(24)21(25)22(18)12-14-7-4-10-26-14/h2-11,18,24H,12H2,1H3. The average Bonchev–Trinajstić information content (AvgIpc) is 3.40. The first-order chi connectivity index (χ1) is 13.1. The Kier molecular flexibility index (Phi) is 4.16. The number of furan rings is 2. The van der Waals surface area contributed by atoms with E-state index < -0.39 is 23.5 Å². The highest BCUT2D eigenvalue weighted by molar-refractivity contribution is 6.15. The Labute approximate surface area is 155 Å². The summed E-state index contributed by atoms with van der Waals surface area (Å²) in [6.45, 7) is 2.03. The maximum absolute atomic E-state index is 13.0. The largest absolute Gasteiger partial charge is 0.503 e. The molecule has 0 saturated carbocycles. The number of hydrogen-bond donors (Lipinski definition) is 1. The van der Waals surface area contributed by atoms with Crippen molar-refractivity contribution < 1.29 is 23.5 Å². The molecule has 1 N–H and O–H groups in total. The van der Waals surface area contributed by atoms with Gasteiger partial charge in [-0.25, -0.2) is 0 Å². The van der Waals surface area contributed by atoms with E-state index in [4.69, 9.17) is 8.83 Å². The van der Waals surface area contributed by atoms with E-state index in [0.717, 1.165) is 11.1 Å². The van der Waals surface area contributed by atoms with Crippen molar-refractivity contribution in [2.75, 3.05) is 0 Å². The van der Waals surface area contributed by atoms with Crippen molar-refractivity contribution in [2.45, 2.75) is 19.5 Å². The maximum Gasteiger partial charge on any atom is 0.290 e. The van der Waals surface area contributed by atoms with Crippen LogP contribution in [0.2, 0.25) is 0 Å². The fourth-order valence-electron chi connectivity index (χ4n) is 3.38.